The van der Waals surface area contributed by atoms with Crippen LogP contribution < -0.4 is 4.90 Å². The van der Waals surface area contributed by atoms with Crippen LogP contribution in [0.4, 0.5) is 5.82 Å². The number of aryl methyl sites for hydroxylation is 2. The number of rotatable bonds is 3. The Bertz CT molecular complexity index is 546. The molecule has 0 amide bonds. The highest BCUT2D eigenvalue weighted by molar-refractivity contribution is 5.73. The molecule has 7 nitrogen and oxygen atoms in total. The van der Waals surface area contributed by atoms with Gasteiger partial charge in [-0.1, -0.05) is 0 Å². The van der Waals surface area contributed by atoms with Crippen LogP contribution >= 0.6 is 0 Å². The van der Waals surface area contributed by atoms with Gasteiger partial charge in [-0.05, 0) is 6.92 Å². The molecule has 0 aliphatic carbocycles. The lowest BCUT2D eigenvalue weighted by Crippen LogP contribution is -2.42. The van der Waals surface area contributed by atoms with E-state index in [4.69, 9.17) is 4.74 Å². The predicted octanol–water partition coefficient (Wildman–Crippen LogP) is 0.136. The van der Waals surface area contributed by atoms with Gasteiger partial charge in [0.05, 0.1) is 24.9 Å². The van der Waals surface area contributed by atoms with Gasteiger partial charge in [0.25, 0.3) is 0 Å². The number of hydrogen-bond donors (Lipinski definition) is 1. The first-order chi connectivity index (χ1) is 8.97. The van der Waals surface area contributed by atoms with Gasteiger partial charge < -0.3 is 14.7 Å². The summed E-state index contributed by atoms with van der Waals surface area (Å²) >= 11 is 0. The predicted molar refractivity (Wildman–Crippen MR) is 66.8 cm³/mol. The first-order valence-corrected chi connectivity index (χ1v) is 5.94. The number of carboxylic acid groups (broad SMARTS) is 1. The minimum absolute atomic E-state index is 0.197. The average molecular weight is 264 g/mol. The van der Waals surface area contributed by atoms with Crippen molar-refractivity contribution in [1.29, 1.82) is 5.26 Å². The Morgan fingerprint density at radius 2 is 2.32 bits per heavy atom. The molecule has 0 bridgehead atoms. The summed E-state index contributed by atoms with van der Waals surface area (Å²) in [7, 11) is 3.51. The normalized spacial score (nSPS) is 22.2. The van der Waals surface area contributed by atoms with E-state index in [0.29, 0.717) is 23.7 Å². The van der Waals surface area contributed by atoms with Crippen molar-refractivity contribution in [1.82, 2.24) is 9.78 Å². The third-order valence-corrected chi connectivity index (χ3v) is 3.50. The molecule has 1 aromatic heterocycles. The fraction of sp³-hybridized carbons (Fsp3) is 0.583. The number of nitrogens with zero attached hydrogens (tertiary/aromatic N) is 4. The van der Waals surface area contributed by atoms with Crippen LogP contribution in [-0.4, -0.2) is 47.2 Å². The molecule has 1 aliphatic rings. The maximum Gasteiger partial charge on any atom is 0.311 e. The second-order valence-electron chi connectivity index (χ2n) is 4.68. The maximum atomic E-state index is 11.2. The maximum absolute atomic E-state index is 11.2. The highest BCUT2D eigenvalue weighted by Gasteiger charge is 2.38. The van der Waals surface area contributed by atoms with Crippen molar-refractivity contribution in [3.63, 3.8) is 0 Å². The summed E-state index contributed by atoms with van der Waals surface area (Å²) in [4.78, 5) is 13.0. The molecule has 19 heavy (non-hydrogen) atoms. The van der Waals surface area contributed by atoms with Gasteiger partial charge in [0.15, 0.2) is 0 Å². The molecule has 0 aromatic carbocycles. The van der Waals surface area contributed by atoms with E-state index in [-0.39, 0.29) is 12.6 Å². The van der Waals surface area contributed by atoms with Crippen LogP contribution in [0, 0.1) is 24.2 Å². The van der Waals surface area contributed by atoms with Gasteiger partial charge in [0, 0.05) is 14.1 Å². The molecule has 2 rings (SSSR count). The summed E-state index contributed by atoms with van der Waals surface area (Å²) in [6, 6.07) is 1.83. The van der Waals surface area contributed by atoms with E-state index in [0.717, 1.165) is 0 Å². The van der Waals surface area contributed by atoms with Crippen molar-refractivity contribution in [2.75, 3.05) is 25.2 Å². The van der Waals surface area contributed by atoms with Crippen LogP contribution in [0.5, 0.6) is 0 Å². The summed E-state index contributed by atoms with van der Waals surface area (Å²) in [6.45, 7) is 2.29. The van der Waals surface area contributed by atoms with Crippen molar-refractivity contribution < 1.29 is 14.6 Å². The van der Waals surface area contributed by atoms with E-state index in [1.165, 1.54) is 0 Å². The number of nitriles is 1. The van der Waals surface area contributed by atoms with Gasteiger partial charge in [-0.2, -0.15) is 10.4 Å². The fourth-order valence-corrected chi connectivity index (χ4v) is 2.50. The van der Waals surface area contributed by atoms with E-state index in [2.05, 4.69) is 11.2 Å². The Morgan fingerprint density at radius 3 is 2.89 bits per heavy atom. The number of likely N-dealkylation sites (N-methyl/N-ethyl adjacent to an activating group) is 1. The Balaban J connectivity index is 2.37. The minimum Gasteiger partial charge on any atom is -0.481 e. The minimum atomic E-state index is -0.883. The Kier molecular flexibility index (Phi) is 3.44. The topological polar surface area (TPSA) is 91.4 Å². The SMILES string of the molecule is Cc1nn(C)c(N(C)C2COCC2C(=O)O)c1C#N. The third kappa shape index (κ3) is 2.15. The fourth-order valence-electron chi connectivity index (χ4n) is 2.50. The first-order valence-electron chi connectivity index (χ1n) is 5.94. The number of aromatic nitrogens is 2. The number of carboxylic acids is 1. The Labute approximate surface area is 111 Å². The van der Waals surface area contributed by atoms with E-state index in [1.54, 1.807) is 30.6 Å². The third-order valence-electron chi connectivity index (χ3n) is 3.50. The average Bonchev–Trinajstić information content (AvgIpc) is 2.92. The summed E-state index contributed by atoms with van der Waals surface area (Å²) < 4.78 is 6.86. The molecule has 1 saturated heterocycles. The standard InChI is InChI=1S/C12H16N4O3/c1-7-8(4-13)11(16(3)14-7)15(2)10-6-19-5-9(10)12(17)18/h9-10H,5-6H2,1-3H3,(H,17,18). The van der Waals surface area contributed by atoms with Crippen LogP contribution in [0.3, 0.4) is 0 Å². The quantitative estimate of drug-likeness (QED) is 0.834. The van der Waals surface area contributed by atoms with Gasteiger partial charge >= 0.3 is 5.97 Å². The summed E-state index contributed by atoms with van der Waals surface area (Å²) in [5, 5.41) is 22.6. The zero-order chi connectivity index (χ0) is 14.2. The van der Waals surface area contributed by atoms with Crippen molar-refractivity contribution >= 4 is 11.8 Å². The van der Waals surface area contributed by atoms with Crippen molar-refractivity contribution in [2.24, 2.45) is 13.0 Å². The molecule has 0 radical (unpaired) electrons. The van der Waals surface area contributed by atoms with Gasteiger partial charge in [-0.3, -0.25) is 9.48 Å². The molecular formula is C12H16N4O3. The Morgan fingerprint density at radius 1 is 1.63 bits per heavy atom. The molecule has 102 valence electrons. The van der Waals surface area contributed by atoms with Crippen molar-refractivity contribution in [3.05, 3.63) is 11.3 Å². The molecule has 1 aromatic rings. The smallest absolute Gasteiger partial charge is 0.311 e. The molecular weight excluding hydrogens is 248 g/mol. The van der Waals surface area contributed by atoms with Crippen LogP contribution in [0.2, 0.25) is 0 Å². The van der Waals surface area contributed by atoms with Gasteiger partial charge in [0.2, 0.25) is 0 Å². The summed E-state index contributed by atoms with van der Waals surface area (Å²) in [5.41, 5.74) is 1.11. The molecule has 1 fully saturated rings. The first kappa shape index (κ1) is 13.4. The second-order valence-corrected chi connectivity index (χ2v) is 4.68. The van der Waals surface area contributed by atoms with Crippen LogP contribution in [0.15, 0.2) is 0 Å². The number of anilines is 1. The zero-order valence-corrected chi connectivity index (χ0v) is 11.1. The molecule has 2 atom stereocenters. The number of hydrogen-bond acceptors (Lipinski definition) is 5. The number of aliphatic carboxylic acids is 1. The Hall–Kier alpha value is -2.07. The second kappa shape index (κ2) is 4.90. The van der Waals surface area contributed by atoms with Crippen LogP contribution in [-0.2, 0) is 16.6 Å². The number of carbonyl (C=O) groups is 1. The van der Waals surface area contributed by atoms with Crippen molar-refractivity contribution in [2.45, 2.75) is 13.0 Å². The molecule has 0 saturated carbocycles. The molecule has 1 aliphatic heterocycles. The van der Waals surface area contributed by atoms with Crippen LogP contribution in [0.25, 0.3) is 0 Å². The lowest BCUT2D eigenvalue weighted by molar-refractivity contribution is -0.141. The van der Waals surface area contributed by atoms with E-state index in [9.17, 15) is 15.2 Å². The monoisotopic (exact) mass is 264 g/mol. The molecule has 1 N–H and O–H groups in total. The van der Waals surface area contributed by atoms with Crippen molar-refractivity contribution in [3.8, 4) is 6.07 Å². The molecule has 2 heterocycles. The molecule has 2 unspecified atom stereocenters. The van der Waals surface area contributed by atoms with Gasteiger partial charge in [-0.25, -0.2) is 0 Å². The molecule has 0 spiro atoms. The summed E-state index contributed by atoms with van der Waals surface area (Å²) in [6.07, 6.45) is 0. The van der Waals surface area contributed by atoms with E-state index >= 15 is 0 Å². The molecule has 7 heteroatoms. The largest absolute Gasteiger partial charge is 0.481 e. The van der Waals surface area contributed by atoms with E-state index in [1.807, 2.05) is 0 Å². The summed E-state index contributed by atoms with van der Waals surface area (Å²) in [5.74, 6) is -0.847. The lowest BCUT2D eigenvalue weighted by Gasteiger charge is -2.28. The highest BCUT2D eigenvalue weighted by Crippen LogP contribution is 2.28. The zero-order valence-electron chi connectivity index (χ0n) is 11.1. The van der Waals surface area contributed by atoms with Gasteiger partial charge in [-0.15, -0.1) is 0 Å². The van der Waals surface area contributed by atoms with Crippen LogP contribution in [0.1, 0.15) is 11.3 Å². The number of ether oxygens (including phenoxy) is 1. The van der Waals surface area contributed by atoms with Gasteiger partial charge in [0.1, 0.15) is 23.4 Å². The highest BCUT2D eigenvalue weighted by atomic mass is 16.5. The lowest BCUT2D eigenvalue weighted by atomic mass is 10.0. The van der Waals surface area contributed by atoms with E-state index < -0.39 is 11.9 Å².